The zero-order valence-corrected chi connectivity index (χ0v) is 13.5. The zero-order valence-electron chi connectivity index (χ0n) is 12.7. The Labute approximate surface area is 133 Å². The predicted molar refractivity (Wildman–Crippen MR) is 86.7 cm³/mol. The SMILES string of the molecule is Cc1oc(-c2ccsc2)nc1CC(=O)NC1(CN)CCCC1. The fraction of sp³-hybridized carbons (Fsp3) is 0.500. The summed E-state index contributed by atoms with van der Waals surface area (Å²) in [6.45, 7) is 2.34. The van der Waals surface area contributed by atoms with Crippen LogP contribution in [0, 0.1) is 6.92 Å². The molecule has 1 aliphatic carbocycles. The van der Waals surface area contributed by atoms with Crippen LogP contribution in [-0.4, -0.2) is 23.0 Å². The van der Waals surface area contributed by atoms with Crippen LogP contribution in [0.2, 0.25) is 0 Å². The molecule has 1 fully saturated rings. The minimum atomic E-state index is -0.217. The van der Waals surface area contributed by atoms with Gasteiger partial charge in [-0.05, 0) is 31.2 Å². The van der Waals surface area contributed by atoms with Gasteiger partial charge < -0.3 is 15.5 Å². The molecule has 0 radical (unpaired) electrons. The van der Waals surface area contributed by atoms with Crippen LogP contribution in [0.1, 0.15) is 37.1 Å². The van der Waals surface area contributed by atoms with Crippen molar-refractivity contribution in [2.24, 2.45) is 5.73 Å². The zero-order chi connectivity index (χ0) is 15.6. The molecular formula is C16H21N3O2S. The number of aromatic nitrogens is 1. The van der Waals surface area contributed by atoms with Gasteiger partial charge in [-0.2, -0.15) is 11.3 Å². The number of rotatable bonds is 5. The van der Waals surface area contributed by atoms with Crippen LogP contribution in [0.25, 0.3) is 11.5 Å². The second-order valence-electron chi connectivity index (χ2n) is 5.95. The quantitative estimate of drug-likeness (QED) is 0.887. The summed E-state index contributed by atoms with van der Waals surface area (Å²) in [5.41, 5.74) is 7.29. The Hall–Kier alpha value is -1.66. The molecular weight excluding hydrogens is 298 g/mol. The first-order valence-electron chi connectivity index (χ1n) is 7.62. The number of hydrogen-bond donors (Lipinski definition) is 2. The molecule has 0 saturated heterocycles. The number of nitrogens with one attached hydrogen (secondary N) is 1. The molecule has 5 nitrogen and oxygen atoms in total. The van der Waals surface area contributed by atoms with E-state index in [2.05, 4.69) is 10.3 Å². The van der Waals surface area contributed by atoms with E-state index in [0.29, 0.717) is 23.9 Å². The second-order valence-corrected chi connectivity index (χ2v) is 6.73. The topological polar surface area (TPSA) is 81.2 Å². The van der Waals surface area contributed by atoms with E-state index in [-0.39, 0.29) is 17.9 Å². The monoisotopic (exact) mass is 319 g/mol. The number of carbonyl (C=O) groups is 1. The number of carbonyl (C=O) groups excluding carboxylic acids is 1. The van der Waals surface area contributed by atoms with Crippen LogP contribution < -0.4 is 11.1 Å². The maximum Gasteiger partial charge on any atom is 0.227 e. The molecule has 118 valence electrons. The number of aryl methyl sites for hydroxylation is 1. The van der Waals surface area contributed by atoms with Gasteiger partial charge in [-0.3, -0.25) is 4.79 Å². The van der Waals surface area contributed by atoms with Gasteiger partial charge in [0.25, 0.3) is 0 Å². The van der Waals surface area contributed by atoms with Gasteiger partial charge in [-0.25, -0.2) is 4.98 Å². The summed E-state index contributed by atoms with van der Waals surface area (Å²) in [6.07, 6.45) is 4.42. The Kier molecular flexibility index (Phi) is 4.31. The maximum atomic E-state index is 12.3. The van der Waals surface area contributed by atoms with Crippen molar-refractivity contribution in [2.45, 2.75) is 44.6 Å². The second kappa shape index (κ2) is 6.22. The van der Waals surface area contributed by atoms with Crippen LogP contribution in [0.3, 0.4) is 0 Å². The average molecular weight is 319 g/mol. The highest BCUT2D eigenvalue weighted by Gasteiger charge is 2.34. The van der Waals surface area contributed by atoms with Gasteiger partial charge in [0.15, 0.2) is 0 Å². The summed E-state index contributed by atoms with van der Waals surface area (Å²) in [4.78, 5) is 16.8. The van der Waals surface area contributed by atoms with Crippen LogP contribution in [0.15, 0.2) is 21.2 Å². The maximum absolute atomic E-state index is 12.3. The third kappa shape index (κ3) is 3.08. The number of hydrogen-bond acceptors (Lipinski definition) is 5. The lowest BCUT2D eigenvalue weighted by molar-refractivity contribution is -0.122. The van der Waals surface area contributed by atoms with E-state index >= 15 is 0 Å². The molecule has 2 aromatic rings. The van der Waals surface area contributed by atoms with Crippen molar-refractivity contribution < 1.29 is 9.21 Å². The van der Waals surface area contributed by atoms with Gasteiger partial charge in [0, 0.05) is 17.5 Å². The summed E-state index contributed by atoms with van der Waals surface area (Å²) in [5.74, 6) is 1.25. The van der Waals surface area contributed by atoms with E-state index in [1.165, 1.54) is 0 Å². The van der Waals surface area contributed by atoms with Gasteiger partial charge in [0.05, 0.1) is 17.7 Å². The summed E-state index contributed by atoms with van der Waals surface area (Å²) < 4.78 is 5.67. The molecule has 0 aliphatic heterocycles. The molecule has 2 heterocycles. The molecule has 0 bridgehead atoms. The van der Waals surface area contributed by atoms with Crippen molar-refractivity contribution in [1.82, 2.24) is 10.3 Å². The number of thiophene rings is 1. The van der Waals surface area contributed by atoms with Crippen LogP contribution in [0.4, 0.5) is 0 Å². The number of nitrogens with two attached hydrogens (primary N) is 1. The minimum absolute atomic E-state index is 0.0272. The number of oxazole rings is 1. The van der Waals surface area contributed by atoms with E-state index in [9.17, 15) is 4.79 Å². The first-order valence-corrected chi connectivity index (χ1v) is 8.56. The molecule has 6 heteroatoms. The molecule has 0 aromatic carbocycles. The van der Waals surface area contributed by atoms with E-state index in [1.54, 1.807) is 11.3 Å². The molecule has 1 saturated carbocycles. The first-order chi connectivity index (χ1) is 10.6. The Morgan fingerprint density at radius 2 is 2.27 bits per heavy atom. The number of nitrogens with zero attached hydrogens (tertiary/aromatic N) is 1. The molecule has 3 N–H and O–H groups in total. The molecule has 2 aromatic heterocycles. The average Bonchev–Trinajstić information content (AvgIpc) is 3.21. The molecule has 3 rings (SSSR count). The Morgan fingerprint density at radius 1 is 1.50 bits per heavy atom. The van der Waals surface area contributed by atoms with Crippen LogP contribution >= 0.6 is 11.3 Å². The molecule has 0 spiro atoms. The van der Waals surface area contributed by atoms with Crippen LogP contribution in [0.5, 0.6) is 0 Å². The lowest BCUT2D eigenvalue weighted by Gasteiger charge is -2.28. The summed E-state index contributed by atoms with van der Waals surface area (Å²) in [7, 11) is 0. The molecule has 0 atom stereocenters. The third-order valence-electron chi connectivity index (χ3n) is 4.34. The molecule has 22 heavy (non-hydrogen) atoms. The smallest absolute Gasteiger partial charge is 0.227 e. The Bertz CT molecular complexity index is 642. The van der Waals surface area contributed by atoms with Gasteiger partial charge in [0.2, 0.25) is 11.8 Å². The Balaban J connectivity index is 1.69. The summed E-state index contributed by atoms with van der Waals surface area (Å²) in [5, 5.41) is 7.08. The number of amides is 1. The van der Waals surface area contributed by atoms with Crippen molar-refractivity contribution in [3.05, 3.63) is 28.3 Å². The van der Waals surface area contributed by atoms with Gasteiger partial charge in [-0.15, -0.1) is 0 Å². The lowest BCUT2D eigenvalue weighted by atomic mass is 9.97. The van der Waals surface area contributed by atoms with Crippen molar-refractivity contribution in [1.29, 1.82) is 0 Å². The van der Waals surface area contributed by atoms with Gasteiger partial charge >= 0.3 is 0 Å². The Morgan fingerprint density at radius 3 is 2.91 bits per heavy atom. The largest absolute Gasteiger partial charge is 0.441 e. The van der Waals surface area contributed by atoms with E-state index in [4.69, 9.17) is 10.2 Å². The van der Waals surface area contributed by atoms with Crippen molar-refractivity contribution in [3.63, 3.8) is 0 Å². The first kappa shape index (κ1) is 15.2. The van der Waals surface area contributed by atoms with E-state index in [1.807, 2.05) is 23.8 Å². The lowest BCUT2D eigenvalue weighted by Crippen LogP contribution is -2.52. The van der Waals surface area contributed by atoms with Crippen molar-refractivity contribution in [3.8, 4) is 11.5 Å². The van der Waals surface area contributed by atoms with E-state index < -0.39 is 0 Å². The highest BCUT2D eigenvalue weighted by Crippen LogP contribution is 2.29. The van der Waals surface area contributed by atoms with Crippen molar-refractivity contribution in [2.75, 3.05) is 6.54 Å². The predicted octanol–water partition coefficient (Wildman–Crippen LogP) is 2.64. The fourth-order valence-electron chi connectivity index (χ4n) is 3.03. The summed E-state index contributed by atoms with van der Waals surface area (Å²) in [6, 6.07) is 1.96. The van der Waals surface area contributed by atoms with E-state index in [0.717, 1.165) is 31.2 Å². The van der Waals surface area contributed by atoms with Crippen LogP contribution in [-0.2, 0) is 11.2 Å². The summed E-state index contributed by atoms with van der Waals surface area (Å²) >= 11 is 1.59. The van der Waals surface area contributed by atoms with Gasteiger partial charge in [0.1, 0.15) is 5.76 Å². The third-order valence-corrected chi connectivity index (χ3v) is 5.03. The normalized spacial score (nSPS) is 16.8. The molecule has 0 unspecified atom stereocenters. The van der Waals surface area contributed by atoms with Gasteiger partial charge in [-0.1, -0.05) is 12.8 Å². The highest BCUT2D eigenvalue weighted by atomic mass is 32.1. The van der Waals surface area contributed by atoms with Crippen molar-refractivity contribution >= 4 is 17.2 Å². The minimum Gasteiger partial charge on any atom is -0.441 e. The molecule has 1 aliphatic rings. The molecule has 1 amide bonds. The fourth-order valence-corrected chi connectivity index (χ4v) is 3.66. The highest BCUT2D eigenvalue weighted by molar-refractivity contribution is 7.08. The standard InChI is InChI=1S/C16H21N3O2S/c1-11-13(18-15(21-11)12-4-7-22-9-12)8-14(20)19-16(10-17)5-2-3-6-16/h4,7,9H,2-3,5-6,8,10,17H2,1H3,(H,19,20).